The Balaban J connectivity index is 1.62. The van der Waals surface area contributed by atoms with Crippen LogP contribution in [-0.2, 0) is 21.4 Å². The highest BCUT2D eigenvalue weighted by atomic mass is 35.5. The molecule has 1 amide bonds. The summed E-state index contributed by atoms with van der Waals surface area (Å²) in [6.45, 7) is 2.27. The number of rotatable bonds is 5. The standard InChI is InChI=1S/C24H23ClN2O4S/c1-17-7-9-18(10-8-17)15-26(2)24(28)23-16-27(21-5-3-4-6-22(21)31-23)32(29,30)20-13-11-19(25)12-14-20/h3-14,23H,15-16H2,1-2H3. The summed E-state index contributed by atoms with van der Waals surface area (Å²) < 4.78 is 34.0. The number of para-hydroxylation sites is 2. The molecule has 3 aromatic carbocycles. The molecule has 1 aliphatic heterocycles. The Morgan fingerprint density at radius 3 is 2.41 bits per heavy atom. The average Bonchev–Trinajstić information content (AvgIpc) is 2.79. The van der Waals surface area contributed by atoms with E-state index in [-0.39, 0.29) is 17.3 Å². The van der Waals surface area contributed by atoms with Crippen molar-refractivity contribution in [2.45, 2.75) is 24.5 Å². The number of fused-ring (bicyclic) bond motifs is 1. The smallest absolute Gasteiger partial charge is 0.265 e. The fourth-order valence-corrected chi connectivity index (χ4v) is 5.19. The van der Waals surface area contributed by atoms with Gasteiger partial charge in [0.1, 0.15) is 5.75 Å². The molecule has 6 nitrogen and oxygen atoms in total. The third-order valence-electron chi connectivity index (χ3n) is 5.33. The molecule has 3 aromatic rings. The number of hydrogen-bond acceptors (Lipinski definition) is 4. The van der Waals surface area contributed by atoms with E-state index in [1.165, 1.54) is 28.6 Å². The van der Waals surface area contributed by atoms with E-state index in [1.807, 2.05) is 31.2 Å². The molecule has 0 bridgehead atoms. The second-order valence-electron chi connectivity index (χ2n) is 7.74. The van der Waals surface area contributed by atoms with Crippen LogP contribution in [0.2, 0.25) is 5.02 Å². The lowest BCUT2D eigenvalue weighted by Gasteiger charge is -2.36. The van der Waals surface area contributed by atoms with Crippen LogP contribution in [0.3, 0.4) is 0 Å². The second-order valence-corrected chi connectivity index (χ2v) is 10.0. The lowest BCUT2D eigenvalue weighted by Crippen LogP contribution is -2.50. The number of anilines is 1. The monoisotopic (exact) mass is 470 g/mol. The summed E-state index contributed by atoms with van der Waals surface area (Å²) >= 11 is 5.92. The van der Waals surface area contributed by atoms with Crippen LogP contribution in [0.15, 0.2) is 77.7 Å². The Labute approximate surface area is 193 Å². The Hall–Kier alpha value is -3.03. The number of aryl methyl sites for hydroxylation is 1. The van der Waals surface area contributed by atoms with Gasteiger partial charge < -0.3 is 9.64 Å². The van der Waals surface area contributed by atoms with E-state index in [9.17, 15) is 13.2 Å². The summed E-state index contributed by atoms with van der Waals surface area (Å²) in [5.74, 6) is 0.0507. The molecule has 0 aromatic heterocycles. The van der Waals surface area contributed by atoms with Crippen molar-refractivity contribution in [1.29, 1.82) is 0 Å². The van der Waals surface area contributed by atoms with Gasteiger partial charge in [0.15, 0.2) is 6.10 Å². The maximum absolute atomic E-state index is 13.4. The summed E-state index contributed by atoms with van der Waals surface area (Å²) in [6, 6.07) is 20.7. The molecule has 8 heteroatoms. The van der Waals surface area contributed by atoms with Crippen LogP contribution in [0.5, 0.6) is 5.75 Å². The Morgan fingerprint density at radius 1 is 1.06 bits per heavy atom. The number of halogens is 1. The number of carbonyl (C=O) groups is 1. The molecule has 1 unspecified atom stereocenters. The minimum Gasteiger partial charge on any atom is -0.476 e. The van der Waals surface area contributed by atoms with Crippen molar-refractivity contribution in [3.8, 4) is 5.75 Å². The molecule has 0 saturated heterocycles. The Bertz CT molecular complexity index is 1230. The van der Waals surface area contributed by atoms with Gasteiger partial charge in [0.25, 0.3) is 15.9 Å². The zero-order valence-corrected chi connectivity index (χ0v) is 19.3. The van der Waals surface area contributed by atoms with Crippen molar-refractivity contribution in [3.63, 3.8) is 0 Å². The third-order valence-corrected chi connectivity index (χ3v) is 7.37. The molecule has 0 N–H and O–H groups in total. The van der Waals surface area contributed by atoms with Gasteiger partial charge in [-0.25, -0.2) is 8.42 Å². The van der Waals surface area contributed by atoms with Crippen molar-refractivity contribution >= 4 is 33.2 Å². The van der Waals surface area contributed by atoms with E-state index in [2.05, 4.69) is 0 Å². The number of ether oxygens (including phenoxy) is 1. The topological polar surface area (TPSA) is 66.9 Å². The molecular formula is C24H23ClN2O4S. The summed E-state index contributed by atoms with van der Waals surface area (Å²) in [5.41, 5.74) is 2.51. The molecule has 32 heavy (non-hydrogen) atoms. The first-order valence-electron chi connectivity index (χ1n) is 10.1. The van der Waals surface area contributed by atoms with Gasteiger partial charge >= 0.3 is 0 Å². The predicted octanol–water partition coefficient (Wildman–Crippen LogP) is 4.26. The molecule has 0 saturated carbocycles. The molecule has 1 aliphatic rings. The van der Waals surface area contributed by atoms with Gasteiger partial charge in [0, 0.05) is 18.6 Å². The van der Waals surface area contributed by atoms with E-state index in [0.29, 0.717) is 23.0 Å². The van der Waals surface area contributed by atoms with Crippen LogP contribution in [0.4, 0.5) is 5.69 Å². The van der Waals surface area contributed by atoms with Crippen LogP contribution >= 0.6 is 11.6 Å². The largest absolute Gasteiger partial charge is 0.476 e. The van der Waals surface area contributed by atoms with E-state index in [0.717, 1.165) is 11.1 Å². The highest BCUT2D eigenvalue weighted by Gasteiger charge is 2.38. The summed E-state index contributed by atoms with van der Waals surface area (Å²) in [4.78, 5) is 14.8. The molecule has 1 heterocycles. The van der Waals surface area contributed by atoms with Gasteiger partial charge in [-0.2, -0.15) is 0 Å². The molecule has 0 aliphatic carbocycles. The van der Waals surface area contributed by atoms with Gasteiger partial charge in [-0.3, -0.25) is 9.10 Å². The molecule has 0 fully saturated rings. The van der Waals surface area contributed by atoms with Crippen molar-refractivity contribution in [1.82, 2.24) is 4.90 Å². The molecule has 166 valence electrons. The van der Waals surface area contributed by atoms with Crippen LogP contribution in [0.25, 0.3) is 0 Å². The van der Waals surface area contributed by atoms with E-state index < -0.39 is 16.1 Å². The average molecular weight is 471 g/mol. The SMILES string of the molecule is Cc1ccc(CN(C)C(=O)C2CN(S(=O)(=O)c3ccc(Cl)cc3)c3ccccc3O2)cc1. The number of hydrogen-bond donors (Lipinski definition) is 0. The lowest BCUT2D eigenvalue weighted by atomic mass is 10.1. The van der Waals surface area contributed by atoms with Crippen LogP contribution in [0, 0.1) is 6.92 Å². The van der Waals surface area contributed by atoms with Gasteiger partial charge in [-0.15, -0.1) is 0 Å². The first kappa shape index (κ1) is 22.2. The molecular weight excluding hydrogens is 448 g/mol. The number of amides is 1. The van der Waals surface area contributed by atoms with Gasteiger partial charge in [-0.1, -0.05) is 53.6 Å². The normalized spacial score (nSPS) is 15.6. The van der Waals surface area contributed by atoms with Gasteiger partial charge in [0.2, 0.25) is 0 Å². The minimum absolute atomic E-state index is 0.0952. The van der Waals surface area contributed by atoms with Crippen LogP contribution in [0.1, 0.15) is 11.1 Å². The molecule has 0 radical (unpaired) electrons. The molecule has 1 atom stereocenters. The van der Waals surface area contributed by atoms with Crippen molar-refractivity contribution in [2.24, 2.45) is 0 Å². The quantitative estimate of drug-likeness (QED) is 0.558. The summed E-state index contributed by atoms with van der Waals surface area (Å²) in [5, 5.41) is 0.442. The zero-order valence-electron chi connectivity index (χ0n) is 17.7. The van der Waals surface area contributed by atoms with Gasteiger partial charge in [-0.05, 0) is 48.9 Å². The number of benzene rings is 3. The van der Waals surface area contributed by atoms with Crippen LogP contribution in [-0.4, -0.2) is 38.9 Å². The Kier molecular flexibility index (Phi) is 6.13. The lowest BCUT2D eigenvalue weighted by molar-refractivity contribution is -0.137. The second kappa shape index (κ2) is 8.84. The highest BCUT2D eigenvalue weighted by Crippen LogP contribution is 2.37. The van der Waals surface area contributed by atoms with E-state index >= 15 is 0 Å². The first-order chi connectivity index (χ1) is 15.3. The maximum atomic E-state index is 13.4. The van der Waals surface area contributed by atoms with Crippen molar-refractivity contribution in [3.05, 3.63) is 88.9 Å². The summed E-state index contributed by atoms with van der Waals surface area (Å²) in [6.07, 6.45) is -0.970. The maximum Gasteiger partial charge on any atom is 0.265 e. The van der Waals surface area contributed by atoms with Crippen molar-refractivity contribution < 1.29 is 17.9 Å². The van der Waals surface area contributed by atoms with Gasteiger partial charge in [0.05, 0.1) is 17.1 Å². The highest BCUT2D eigenvalue weighted by molar-refractivity contribution is 7.92. The fraction of sp³-hybridized carbons (Fsp3) is 0.208. The van der Waals surface area contributed by atoms with E-state index in [1.54, 1.807) is 36.2 Å². The van der Waals surface area contributed by atoms with Crippen LogP contribution < -0.4 is 9.04 Å². The van der Waals surface area contributed by atoms with Crippen molar-refractivity contribution in [2.75, 3.05) is 17.9 Å². The fourth-order valence-electron chi connectivity index (χ4n) is 3.58. The molecule has 4 rings (SSSR count). The number of sulfonamides is 1. The minimum atomic E-state index is -3.92. The first-order valence-corrected chi connectivity index (χ1v) is 11.9. The zero-order chi connectivity index (χ0) is 22.9. The number of nitrogens with zero attached hydrogens (tertiary/aromatic N) is 2. The number of likely N-dealkylation sites (N-methyl/N-ethyl adjacent to an activating group) is 1. The molecule has 0 spiro atoms. The third kappa shape index (κ3) is 4.45. The predicted molar refractivity (Wildman–Crippen MR) is 124 cm³/mol. The summed E-state index contributed by atoms with van der Waals surface area (Å²) in [7, 11) is -2.24. The number of carbonyl (C=O) groups excluding carboxylic acids is 1. The Morgan fingerprint density at radius 2 is 1.72 bits per heavy atom. The van der Waals surface area contributed by atoms with E-state index in [4.69, 9.17) is 16.3 Å².